The molecule has 3 aromatic rings. The fourth-order valence-electron chi connectivity index (χ4n) is 1.92. The lowest BCUT2D eigenvalue weighted by atomic mass is 10.2. The number of amides is 1. The lowest BCUT2D eigenvalue weighted by molar-refractivity contribution is 0.102. The molecule has 0 aliphatic rings. The first kappa shape index (κ1) is 13.4. The minimum absolute atomic E-state index is 0.150. The first-order valence-electron chi connectivity index (χ1n) is 5.95. The van der Waals surface area contributed by atoms with Crippen LogP contribution in [0.3, 0.4) is 0 Å². The molecule has 0 bridgehead atoms. The second-order valence-electron chi connectivity index (χ2n) is 4.34. The van der Waals surface area contributed by atoms with Crippen molar-refractivity contribution in [1.82, 2.24) is 15.0 Å². The van der Waals surface area contributed by atoms with Crippen LogP contribution in [0.5, 0.6) is 0 Å². The van der Waals surface area contributed by atoms with Crippen LogP contribution in [0.2, 0.25) is 0 Å². The van der Waals surface area contributed by atoms with Crippen molar-refractivity contribution in [2.45, 2.75) is 0 Å². The van der Waals surface area contributed by atoms with Gasteiger partial charge in [0.1, 0.15) is 5.69 Å². The summed E-state index contributed by atoms with van der Waals surface area (Å²) in [5.74, 6) is -0.453. The number of rotatable bonds is 2. The van der Waals surface area contributed by atoms with Gasteiger partial charge >= 0.3 is 5.69 Å². The van der Waals surface area contributed by atoms with Gasteiger partial charge < -0.3 is 20.3 Å². The SMILES string of the molecule is O=C(Nc1cc2[nH]c(=O)[nH]c2cc1Br)c1cccc(=O)[nH]1. The molecule has 21 heavy (non-hydrogen) atoms. The van der Waals surface area contributed by atoms with E-state index in [1.807, 2.05) is 0 Å². The molecular formula is C13H9BrN4O3. The second kappa shape index (κ2) is 5.06. The molecule has 0 atom stereocenters. The van der Waals surface area contributed by atoms with E-state index in [1.165, 1.54) is 18.2 Å². The maximum atomic E-state index is 12.1. The Hall–Kier alpha value is -2.61. The van der Waals surface area contributed by atoms with Gasteiger partial charge in [-0.25, -0.2) is 4.79 Å². The highest BCUT2D eigenvalue weighted by molar-refractivity contribution is 9.10. The summed E-state index contributed by atoms with van der Waals surface area (Å²) in [5, 5.41) is 2.66. The van der Waals surface area contributed by atoms with E-state index in [2.05, 4.69) is 36.2 Å². The van der Waals surface area contributed by atoms with E-state index in [0.29, 0.717) is 21.2 Å². The van der Waals surface area contributed by atoms with Crippen LogP contribution in [0.4, 0.5) is 5.69 Å². The van der Waals surface area contributed by atoms with E-state index in [9.17, 15) is 14.4 Å². The fraction of sp³-hybridized carbons (Fsp3) is 0. The van der Waals surface area contributed by atoms with E-state index in [0.717, 1.165) is 0 Å². The van der Waals surface area contributed by atoms with Gasteiger partial charge in [0, 0.05) is 10.5 Å². The third-order valence-electron chi connectivity index (χ3n) is 2.86. The molecule has 4 N–H and O–H groups in total. The number of carbonyl (C=O) groups excluding carboxylic acids is 1. The Morgan fingerprint density at radius 1 is 1.05 bits per heavy atom. The topological polar surface area (TPSA) is 111 Å². The minimum Gasteiger partial charge on any atom is -0.320 e. The van der Waals surface area contributed by atoms with Crippen molar-refractivity contribution in [3.63, 3.8) is 0 Å². The lowest BCUT2D eigenvalue weighted by Gasteiger charge is -2.07. The monoisotopic (exact) mass is 348 g/mol. The molecule has 0 radical (unpaired) electrons. The molecule has 0 aliphatic heterocycles. The molecule has 2 heterocycles. The van der Waals surface area contributed by atoms with E-state index in [4.69, 9.17) is 0 Å². The van der Waals surface area contributed by atoms with Crippen molar-refractivity contribution in [1.29, 1.82) is 0 Å². The molecule has 7 nitrogen and oxygen atoms in total. The number of carbonyl (C=O) groups is 1. The van der Waals surface area contributed by atoms with Crippen molar-refractivity contribution in [2.24, 2.45) is 0 Å². The normalized spacial score (nSPS) is 10.7. The summed E-state index contributed by atoms with van der Waals surface area (Å²) in [6.45, 7) is 0. The van der Waals surface area contributed by atoms with Gasteiger partial charge in [0.05, 0.1) is 16.7 Å². The van der Waals surface area contributed by atoms with Crippen LogP contribution in [-0.2, 0) is 0 Å². The molecule has 106 valence electrons. The zero-order valence-electron chi connectivity index (χ0n) is 10.5. The number of aromatic amines is 3. The Labute approximate surface area is 125 Å². The average Bonchev–Trinajstić information content (AvgIpc) is 2.78. The molecule has 0 saturated carbocycles. The number of hydrogen-bond donors (Lipinski definition) is 4. The summed E-state index contributed by atoms with van der Waals surface area (Å²) in [5.41, 5.74) is 1.14. The van der Waals surface area contributed by atoms with Crippen LogP contribution in [0.1, 0.15) is 10.5 Å². The van der Waals surface area contributed by atoms with Crippen LogP contribution in [0.25, 0.3) is 11.0 Å². The predicted octanol–water partition coefficient (Wildman–Crippen LogP) is 1.56. The van der Waals surface area contributed by atoms with Gasteiger partial charge in [-0.15, -0.1) is 0 Å². The third kappa shape index (κ3) is 2.65. The third-order valence-corrected chi connectivity index (χ3v) is 3.52. The van der Waals surface area contributed by atoms with E-state index >= 15 is 0 Å². The summed E-state index contributed by atoms with van der Waals surface area (Å²) in [6.07, 6.45) is 0. The van der Waals surface area contributed by atoms with Crippen LogP contribution in [0.15, 0.2) is 44.4 Å². The maximum absolute atomic E-state index is 12.1. The number of hydrogen-bond acceptors (Lipinski definition) is 3. The molecule has 0 spiro atoms. The Balaban J connectivity index is 1.97. The van der Waals surface area contributed by atoms with Gasteiger partial charge in [-0.1, -0.05) is 6.07 Å². The summed E-state index contributed by atoms with van der Waals surface area (Å²) in [4.78, 5) is 42.2. The van der Waals surface area contributed by atoms with Gasteiger partial charge in [-0.3, -0.25) is 9.59 Å². The van der Waals surface area contributed by atoms with Crippen molar-refractivity contribution in [3.8, 4) is 0 Å². The minimum atomic E-state index is -0.453. The molecule has 1 aromatic carbocycles. The Kier molecular flexibility index (Phi) is 3.22. The van der Waals surface area contributed by atoms with Crippen molar-refractivity contribution in [2.75, 3.05) is 5.32 Å². The quantitative estimate of drug-likeness (QED) is 0.563. The van der Waals surface area contributed by atoms with Gasteiger partial charge in [-0.2, -0.15) is 0 Å². The largest absolute Gasteiger partial charge is 0.323 e. The maximum Gasteiger partial charge on any atom is 0.323 e. The number of anilines is 1. The molecule has 0 unspecified atom stereocenters. The molecule has 0 fully saturated rings. The number of pyridine rings is 1. The number of H-pyrrole nitrogens is 3. The number of benzene rings is 1. The van der Waals surface area contributed by atoms with Gasteiger partial charge in [0.25, 0.3) is 5.91 Å². The molecule has 8 heteroatoms. The van der Waals surface area contributed by atoms with Crippen LogP contribution in [0, 0.1) is 0 Å². The number of imidazole rings is 1. The lowest BCUT2D eigenvalue weighted by Crippen LogP contribution is -2.18. The second-order valence-corrected chi connectivity index (χ2v) is 5.19. The zero-order valence-corrected chi connectivity index (χ0v) is 12.1. The zero-order chi connectivity index (χ0) is 15.0. The smallest absolute Gasteiger partial charge is 0.320 e. The van der Waals surface area contributed by atoms with Crippen molar-refractivity contribution in [3.05, 3.63) is 61.3 Å². The molecule has 2 aromatic heterocycles. The van der Waals surface area contributed by atoms with E-state index in [-0.39, 0.29) is 16.9 Å². The summed E-state index contributed by atoms with van der Waals surface area (Å²) < 4.78 is 0.608. The Morgan fingerprint density at radius 3 is 2.48 bits per heavy atom. The standard InChI is InChI=1S/C13H9BrN4O3/c14-6-4-9-10(18-13(21)17-9)5-8(6)16-12(20)7-2-1-3-11(19)15-7/h1-5H,(H,15,19)(H,16,20)(H2,17,18,21). The number of fused-ring (bicyclic) bond motifs is 1. The van der Waals surface area contributed by atoms with Crippen molar-refractivity contribution >= 4 is 38.6 Å². The first-order valence-corrected chi connectivity index (χ1v) is 6.74. The van der Waals surface area contributed by atoms with Gasteiger partial charge in [0.15, 0.2) is 0 Å². The van der Waals surface area contributed by atoms with Crippen LogP contribution in [-0.4, -0.2) is 20.9 Å². The average molecular weight is 349 g/mol. The molecule has 0 aliphatic carbocycles. The van der Waals surface area contributed by atoms with Gasteiger partial charge in [0.2, 0.25) is 5.56 Å². The van der Waals surface area contributed by atoms with E-state index < -0.39 is 5.91 Å². The van der Waals surface area contributed by atoms with Gasteiger partial charge in [-0.05, 0) is 34.1 Å². The number of halogens is 1. The summed E-state index contributed by atoms with van der Waals surface area (Å²) >= 11 is 3.32. The Morgan fingerprint density at radius 2 is 1.76 bits per heavy atom. The van der Waals surface area contributed by atoms with Crippen LogP contribution >= 0.6 is 15.9 Å². The van der Waals surface area contributed by atoms with Crippen molar-refractivity contribution < 1.29 is 4.79 Å². The van der Waals surface area contributed by atoms with Crippen LogP contribution < -0.4 is 16.6 Å². The highest BCUT2D eigenvalue weighted by Gasteiger charge is 2.11. The number of nitrogens with one attached hydrogen (secondary N) is 4. The molecule has 0 saturated heterocycles. The number of aromatic nitrogens is 3. The highest BCUT2D eigenvalue weighted by atomic mass is 79.9. The molecule has 3 rings (SSSR count). The summed E-state index contributed by atoms with van der Waals surface area (Å²) in [7, 11) is 0. The van der Waals surface area contributed by atoms with E-state index in [1.54, 1.807) is 12.1 Å². The first-order chi connectivity index (χ1) is 10.0. The highest BCUT2D eigenvalue weighted by Crippen LogP contribution is 2.26. The Bertz CT molecular complexity index is 954. The molecule has 1 amide bonds. The summed E-state index contributed by atoms with van der Waals surface area (Å²) in [6, 6.07) is 7.62. The predicted molar refractivity (Wildman–Crippen MR) is 81.6 cm³/mol. The fourth-order valence-corrected chi connectivity index (χ4v) is 2.36. The molecular weight excluding hydrogens is 340 g/mol.